The van der Waals surface area contributed by atoms with Crippen LogP contribution in [0.4, 0.5) is 5.69 Å². The van der Waals surface area contributed by atoms with Crippen molar-refractivity contribution in [2.45, 2.75) is 19.0 Å². The van der Waals surface area contributed by atoms with Crippen LogP contribution in [0.15, 0.2) is 47.6 Å². The summed E-state index contributed by atoms with van der Waals surface area (Å²) in [5, 5.41) is 2.40. The van der Waals surface area contributed by atoms with Gasteiger partial charge in [0.05, 0.1) is 11.0 Å². The molecule has 0 radical (unpaired) electrons. The molecule has 1 aromatic heterocycles. The maximum atomic E-state index is 12.4. The fourth-order valence-electron chi connectivity index (χ4n) is 2.41. The number of carbonyl (C=O) groups is 1. The van der Waals surface area contributed by atoms with Crippen LogP contribution in [-0.4, -0.2) is 30.0 Å². The van der Waals surface area contributed by atoms with E-state index in [4.69, 9.17) is 0 Å². The van der Waals surface area contributed by atoms with E-state index in [1.165, 1.54) is 0 Å². The predicted octanol–water partition coefficient (Wildman–Crippen LogP) is 2.59. The van der Waals surface area contributed by atoms with Gasteiger partial charge in [0, 0.05) is 5.69 Å². The standard InChI is InChI=1S/C17H17N3O3S/c1-11-4-3-5-13(8-11)18-16(21)10-24(22,23)17-19-14-7-6-12(2)9-15(14)20-17/h3-9H,10H2,1-2H3,(H,18,21)(H,19,20). The third-order valence-corrected chi connectivity index (χ3v) is 4.96. The average Bonchev–Trinajstić information content (AvgIpc) is 2.90. The molecular formula is C17H17N3O3S. The summed E-state index contributed by atoms with van der Waals surface area (Å²) in [7, 11) is -3.84. The number of H-pyrrole nitrogens is 1. The van der Waals surface area contributed by atoms with Crippen molar-refractivity contribution in [3.05, 3.63) is 53.6 Å². The first-order valence-corrected chi connectivity index (χ1v) is 9.04. The van der Waals surface area contributed by atoms with Gasteiger partial charge >= 0.3 is 0 Å². The van der Waals surface area contributed by atoms with Crippen molar-refractivity contribution in [2.24, 2.45) is 0 Å². The molecule has 2 aromatic carbocycles. The van der Waals surface area contributed by atoms with E-state index in [9.17, 15) is 13.2 Å². The number of carbonyl (C=O) groups excluding carboxylic acids is 1. The molecule has 3 rings (SSSR count). The topological polar surface area (TPSA) is 91.9 Å². The average molecular weight is 343 g/mol. The fourth-order valence-corrected chi connectivity index (χ4v) is 3.47. The van der Waals surface area contributed by atoms with Crippen molar-refractivity contribution in [1.82, 2.24) is 9.97 Å². The molecule has 0 aliphatic carbocycles. The minimum Gasteiger partial charge on any atom is -0.329 e. The Labute approximate surface area is 139 Å². The first-order valence-electron chi connectivity index (χ1n) is 7.39. The second kappa shape index (κ2) is 6.09. The highest BCUT2D eigenvalue weighted by molar-refractivity contribution is 7.92. The Hall–Kier alpha value is -2.67. The van der Waals surface area contributed by atoms with Gasteiger partial charge in [0.2, 0.25) is 20.9 Å². The Morgan fingerprint density at radius 3 is 2.62 bits per heavy atom. The van der Waals surface area contributed by atoms with Crippen molar-refractivity contribution in [2.75, 3.05) is 11.1 Å². The SMILES string of the molecule is Cc1cccc(NC(=O)CS(=O)(=O)c2nc3ccc(C)cc3[nH]2)c1. The van der Waals surface area contributed by atoms with Crippen molar-refractivity contribution in [1.29, 1.82) is 0 Å². The maximum Gasteiger partial charge on any atom is 0.240 e. The number of nitrogens with zero attached hydrogens (tertiary/aromatic N) is 1. The number of aromatic amines is 1. The summed E-state index contributed by atoms with van der Waals surface area (Å²) in [6.45, 7) is 3.80. The molecule has 3 aromatic rings. The van der Waals surface area contributed by atoms with Crippen LogP contribution in [0.1, 0.15) is 11.1 Å². The van der Waals surface area contributed by atoms with Crippen molar-refractivity contribution in [3.63, 3.8) is 0 Å². The number of aryl methyl sites for hydroxylation is 2. The van der Waals surface area contributed by atoms with Gasteiger partial charge in [-0.1, -0.05) is 18.2 Å². The van der Waals surface area contributed by atoms with E-state index in [0.29, 0.717) is 16.7 Å². The summed E-state index contributed by atoms with van der Waals surface area (Å²) >= 11 is 0. The van der Waals surface area contributed by atoms with Crippen molar-refractivity contribution < 1.29 is 13.2 Å². The number of sulfone groups is 1. The van der Waals surface area contributed by atoms with Gasteiger partial charge in [0.1, 0.15) is 5.75 Å². The Bertz CT molecular complexity index is 1020. The summed E-state index contributed by atoms with van der Waals surface area (Å²) in [4.78, 5) is 18.9. The van der Waals surface area contributed by atoms with Crippen LogP contribution in [0.2, 0.25) is 0 Å². The summed E-state index contributed by atoms with van der Waals surface area (Å²) in [5.41, 5.74) is 3.72. The van der Waals surface area contributed by atoms with Crippen LogP contribution in [0.3, 0.4) is 0 Å². The lowest BCUT2D eigenvalue weighted by atomic mass is 10.2. The molecule has 124 valence electrons. The summed E-state index contributed by atoms with van der Waals surface area (Å²) < 4.78 is 24.8. The predicted molar refractivity (Wildman–Crippen MR) is 92.7 cm³/mol. The number of hydrogen-bond donors (Lipinski definition) is 2. The molecule has 0 atom stereocenters. The van der Waals surface area contributed by atoms with Crippen molar-refractivity contribution in [3.8, 4) is 0 Å². The first-order chi connectivity index (χ1) is 11.3. The molecule has 0 spiro atoms. The lowest BCUT2D eigenvalue weighted by Gasteiger charge is -2.05. The lowest BCUT2D eigenvalue weighted by molar-refractivity contribution is -0.113. The molecule has 0 aliphatic rings. The molecule has 0 unspecified atom stereocenters. The van der Waals surface area contributed by atoms with E-state index >= 15 is 0 Å². The van der Waals surface area contributed by atoms with Crippen LogP contribution in [0, 0.1) is 13.8 Å². The lowest BCUT2D eigenvalue weighted by Crippen LogP contribution is -2.23. The summed E-state index contributed by atoms with van der Waals surface area (Å²) in [5.74, 6) is -1.27. The van der Waals surface area contributed by atoms with Crippen LogP contribution < -0.4 is 5.32 Å². The van der Waals surface area contributed by atoms with E-state index in [1.807, 2.05) is 32.0 Å². The van der Waals surface area contributed by atoms with E-state index < -0.39 is 21.5 Å². The molecule has 0 saturated heterocycles. The molecule has 6 nitrogen and oxygen atoms in total. The fraction of sp³-hybridized carbons (Fsp3) is 0.176. The molecule has 24 heavy (non-hydrogen) atoms. The number of benzene rings is 2. The maximum absolute atomic E-state index is 12.4. The Morgan fingerprint density at radius 1 is 1.12 bits per heavy atom. The Morgan fingerprint density at radius 2 is 1.88 bits per heavy atom. The second-order valence-electron chi connectivity index (χ2n) is 5.74. The van der Waals surface area contributed by atoms with E-state index in [2.05, 4.69) is 15.3 Å². The van der Waals surface area contributed by atoms with Gasteiger partial charge in [-0.05, 0) is 49.2 Å². The molecule has 0 saturated carbocycles. The molecular weight excluding hydrogens is 326 g/mol. The number of anilines is 1. The largest absolute Gasteiger partial charge is 0.329 e. The number of imidazole rings is 1. The van der Waals surface area contributed by atoms with Gasteiger partial charge in [-0.25, -0.2) is 13.4 Å². The third-order valence-electron chi connectivity index (χ3n) is 3.53. The van der Waals surface area contributed by atoms with Gasteiger partial charge in [-0.15, -0.1) is 0 Å². The van der Waals surface area contributed by atoms with Crippen LogP contribution in [-0.2, 0) is 14.6 Å². The van der Waals surface area contributed by atoms with Gasteiger partial charge in [0.25, 0.3) is 0 Å². The highest BCUT2D eigenvalue weighted by atomic mass is 32.2. The van der Waals surface area contributed by atoms with E-state index in [-0.39, 0.29) is 5.16 Å². The molecule has 2 N–H and O–H groups in total. The number of rotatable bonds is 4. The zero-order valence-corrected chi connectivity index (χ0v) is 14.1. The zero-order valence-electron chi connectivity index (χ0n) is 13.3. The minimum atomic E-state index is -3.84. The van der Waals surface area contributed by atoms with E-state index in [1.54, 1.807) is 24.3 Å². The molecule has 1 amide bonds. The Kier molecular flexibility index (Phi) is 4.11. The zero-order chi connectivity index (χ0) is 17.3. The number of amides is 1. The van der Waals surface area contributed by atoms with Gasteiger partial charge in [0.15, 0.2) is 0 Å². The number of aromatic nitrogens is 2. The highest BCUT2D eigenvalue weighted by Gasteiger charge is 2.23. The molecule has 0 aliphatic heterocycles. The van der Waals surface area contributed by atoms with E-state index in [0.717, 1.165) is 11.1 Å². The monoisotopic (exact) mass is 343 g/mol. The number of hydrogen-bond acceptors (Lipinski definition) is 4. The van der Waals surface area contributed by atoms with Crippen LogP contribution in [0.5, 0.6) is 0 Å². The normalized spacial score (nSPS) is 11.6. The minimum absolute atomic E-state index is 0.192. The smallest absolute Gasteiger partial charge is 0.240 e. The highest BCUT2D eigenvalue weighted by Crippen LogP contribution is 2.17. The number of nitrogens with one attached hydrogen (secondary N) is 2. The summed E-state index contributed by atoms with van der Waals surface area (Å²) in [6, 6.07) is 12.6. The molecule has 1 heterocycles. The van der Waals surface area contributed by atoms with Crippen molar-refractivity contribution >= 4 is 32.5 Å². The van der Waals surface area contributed by atoms with Gasteiger partial charge in [-0.2, -0.15) is 0 Å². The summed E-state index contributed by atoms with van der Waals surface area (Å²) in [6.07, 6.45) is 0. The Balaban J connectivity index is 1.80. The quantitative estimate of drug-likeness (QED) is 0.761. The first kappa shape index (κ1) is 16.2. The second-order valence-corrected chi connectivity index (χ2v) is 7.64. The molecule has 0 fully saturated rings. The van der Waals surface area contributed by atoms with Crippen LogP contribution in [0.25, 0.3) is 11.0 Å². The third kappa shape index (κ3) is 3.46. The van der Waals surface area contributed by atoms with Crippen LogP contribution >= 0.6 is 0 Å². The molecule has 0 bridgehead atoms. The van der Waals surface area contributed by atoms with Gasteiger partial charge < -0.3 is 10.3 Å². The molecule has 7 heteroatoms. The number of fused-ring (bicyclic) bond motifs is 1. The van der Waals surface area contributed by atoms with Gasteiger partial charge in [-0.3, -0.25) is 4.79 Å².